The molecule has 1 aromatic heterocycles. The van der Waals surface area contributed by atoms with Gasteiger partial charge < -0.3 is 9.80 Å². The van der Waals surface area contributed by atoms with Crippen molar-refractivity contribution in [1.29, 1.82) is 0 Å². The number of nitrogens with zero attached hydrogens (tertiary/aromatic N) is 3. The molecular weight excluding hydrogens is 366 g/mol. The molecule has 6 nitrogen and oxygen atoms in total. The fraction of sp³-hybridized carbons (Fsp3) is 0.750. The minimum atomic E-state index is -2.56. The second kappa shape index (κ2) is 7.79. The Labute approximate surface area is 163 Å². The van der Waals surface area contributed by atoms with Crippen LogP contribution in [0.1, 0.15) is 44.2 Å². The second-order valence-corrected chi connectivity index (χ2v) is 8.72. The number of alkyl halides is 2. The maximum absolute atomic E-state index is 13.0. The van der Waals surface area contributed by atoms with Crippen LogP contribution in [-0.4, -0.2) is 63.9 Å². The Bertz CT molecular complexity index is 701. The smallest absolute Gasteiger partial charge is 0.248 e. The van der Waals surface area contributed by atoms with Crippen molar-refractivity contribution in [2.24, 2.45) is 17.8 Å². The minimum Gasteiger partial charge on any atom is -0.342 e. The molecule has 3 fully saturated rings. The molecule has 0 radical (unpaired) electrons. The second-order valence-electron chi connectivity index (χ2n) is 8.72. The number of aromatic nitrogens is 2. The summed E-state index contributed by atoms with van der Waals surface area (Å²) in [5.74, 6) is -1.78. The summed E-state index contributed by atoms with van der Waals surface area (Å²) < 4.78 is 26.0. The first-order valence-electron chi connectivity index (χ1n) is 10.3. The Morgan fingerprint density at radius 1 is 1.11 bits per heavy atom. The monoisotopic (exact) mass is 394 g/mol. The van der Waals surface area contributed by atoms with Crippen molar-refractivity contribution in [3.63, 3.8) is 0 Å². The van der Waals surface area contributed by atoms with Crippen molar-refractivity contribution in [2.45, 2.75) is 50.9 Å². The fourth-order valence-electron chi connectivity index (χ4n) is 4.98. The normalized spacial score (nSPS) is 27.6. The molecule has 0 spiro atoms. The highest BCUT2D eigenvalue weighted by atomic mass is 19.3. The number of carbonyl (C=O) groups excluding carboxylic acids is 2. The summed E-state index contributed by atoms with van der Waals surface area (Å²) in [5, 5.41) is 6.72. The molecule has 3 aliphatic rings. The van der Waals surface area contributed by atoms with Crippen LogP contribution in [0, 0.1) is 17.8 Å². The summed E-state index contributed by atoms with van der Waals surface area (Å²) in [4.78, 5) is 28.8. The molecule has 2 unspecified atom stereocenters. The standard InChI is InChI=1S/C20H28F2N4O2/c21-20(22)10-14(11-20)8-18(27)26-7-4-16(13-26)15-2-1-6-25(12-15)19(28)9-17-3-5-23-24-17/h3,5,14-16H,1-2,4,6-13H2,(H,23,24). The van der Waals surface area contributed by atoms with Gasteiger partial charge in [-0.25, -0.2) is 8.78 Å². The van der Waals surface area contributed by atoms with Gasteiger partial charge in [0.1, 0.15) is 0 Å². The Morgan fingerprint density at radius 3 is 2.50 bits per heavy atom. The van der Waals surface area contributed by atoms with Crippen molar-refractivity contribution in [3.05, 3.63) is 18.0 Å². The van der Waals surface area contributed by atoms with E-state index in [1.54, 1.807) is 6.20 Å². The van der Waals surface area contributed by atoms with E-state index in [1.165, 1.54) is 0 Å². The van der Waals surface area contributed by atoms with Gasteiger partial charge in [-0.15, -0.1) is 0 Å². The van der Waals surface area contributed by atoms with E-state index >= 15 is 0 Å². The fourth-order valence-corrected chi connectivity index (χ4v) is 4.98. The number of nitrogens with one attached hydrogen (secondary N) is 1. The van der Waals surface area contributed by atoms with Crippen LogP contribution >= 0.6 is 0 Å². The molecule has 28 heavy (non-hydrogen) atoms. The molecule has 0 bridgehead atoms. The highest BCUT2D eigenvalue weighted by molar-refractivity contribution is 5.78. The molecule has 2 amide bonds. The number of aromatic amines is 1. The van der Waals surface area contributed by atoms with Gasteiger partial charge in [-0.2, -0.15) is 5.10 Å². The lowest BCUT2D eigenvalue weighted by Crippen LogP contribution is -2.43. The van der Waals surface area contributed by atoms with E-state index in [4.69, 9.17) is 0 Å². The summed E-state index contributed by atoms with van der Waals surface area (Å²) in [7, 11) is 0. The van der Waals surface area contributed by atoms with Gasteiger partial charge in [0.05, 0.1) is 6.42 Å². The van der Waals surface area contributed by atoms with Crippen LogP contribution in [-0.2, 0) is 16.0 Å². The van der Waals surface area contributed by atoms with Crippen LogP contribution in [0.15, 0.2) is 12.3 Å². The average Bonchev–Trinajstić information content (AvgIpc) is 3.32. The van der Waals surface area contributed by atoms with Crippen LogP contribution in [0.25, 0.3) is 0 Å². The highest BCUT2D eigenvalue weighted by Crippen LogP contribution is 2.44. The predicted octanol–water partition coefficient (Wildman–Crippen LogP) is 2.47. The van der Waals surface area contributed by atoms with E-state index in [9.17, 15) is 18.4 Å². The van der Waals surface area contributed by atoms with Crippen molar-refractivity contribution in [2.75, 3.05) is 26.2 Å². The number of piperidine rings is 1. The van der Waals surface area contributed by atoms with Gasteiger partial charge >= 0.3 is 0 Å². The topological polar surface area (TPSA) is 69.3 Å². The summed E-state index contributed by atoms with van der Waals surface area (Å²) in [6.07, 6.45) is 4.96. The molecule has 0 aromatic carbocycles. The highest BCUT2D eigenvalue weighted by Gasteiger charge is 2.46. The van der Waals surface area contributed by atoms with E-state index in [0.29, 0.717) is 31.3 Å². The van der Waals surface area contributed by atoms with E-state index in [1.807, 2.05) is 15.9 Å². The zero-order valence-electron chi connectivity index (χ0n) is 16.1. The maximum atomic E-state index is 13.0. The molecule has 1 N–H and O–H groups in total. The molecule has 1 saturated carbocycles. The van der Waals surface area contributed by atoms with E-state index in [0.717, 1.165) is 38.0 Å². The van der Waals surface area contributed by atoms with Gasteiger partial charge in [-0.1, -0.05) is 0 Å². The first-order valence-corrected chi connectivity index (χ1v) is 10.3. The Kier molecular flexibility index (Phi) is 5.38. The van der Waals surface area contributed by atoms with Crippen LogP contribution in [0.5, 0.6) is 0 Å². The number of amides is 2. The average molecular weight is 394 g/mol. The van der Waals surface area contributed by atoms with Crippen molar-refractivity contribution >= 4 is 11.8 Å². The summed E-state index contributed by atoms with van der Waals surface area (Å²) in [6, 6.07) is 1.82. The van der Waals surface area contributed by atoms with Crippen LogP contribution in [0.2, 0.25) is 0 Å². The molecule has 1 aromatic rings. The number of likely N-dealkylation sites (tertiary alicyclic amines) is 2. The van der Waals surface area contributed by atoms with Crippen LogP contribution < -0.4 is 0 Å². The molecule has 154 valence electrons. The third-order valence-electron chi connectivity index (χ3n) is 6.59. The van der Waals surface area contributed by atoms with Crippen LogP contribution in [0.3, 0.4) is 0 Å². The number of rotatable bonds is 5. The number of H-pyrrole nitrogens is 1. The van der Waals surface area contributed by atoms with Crippen molar-refractivity contribution < 1.29 is 18.4 Å². The molecule has 2 atom stereocenters. The molecule has 4 rings (SSSR count). The molecule has 1 aliphatic carbocycles. The van der Waals surface area contributed by atoms with Gasteiger partial charge in [0, 0.05) is 57.3 Å². The Morgan fingerprint density at radius 2 is 1.82 bits per heavy atom. The minimum absolute atomic E-state index is 0.0194. The van der Waals surface area contributed by atoms with Gasteiger partial charge in [0.2, 0.25) is 17.7 Å². The number of hydrogen-bond donors (Lipinski definition) is 1. The third kappa shape index (κ3) is 4.36. The third-order valence-corrected chi connectivity index (χ3v) is 6.59. The first kappa shape index (κ1) is 19.3. The Balaban J connectivity index is 1.25. The van der Waals surface area contributed by atoms with E-state index in [-0.39, 0.29) is 37.0 Å². The zero-order chi connectivity index (χ0) is 19.7. The summed E-state index contributed by atoms with van der Waals surface area (Å²) in [5.41, 5.74) is 0.825. The van der Waals surface area contributed by atoms with E-state index in [2.05, 4.69) is 10.2 Å². The lowest BCUT2D eigenvalue weighted by atomic mass is 9.79. The largest absolute Gasteiger partial charge is 0.342 e. The molecule has 8 heteroatoms. The summed E-state index contributed by atoms with van der Waals surface area (Å²) in [6.45, 7) is 2.95. The lowest BCUT2D eigenvalue weighted by Gasteiger charge is -2.36. The number of hydrogen-bond acceptors (Lipinski definition) is 3. The zero-order valence-corrected chi connectivity index (χ0v) is 16.1. The Hall–Kier alpha value is -1.99. The molecular formula is C20H28F2N4O2. The first-order chi connectivity index (χ1) is 13.4. The SMILES string of the molecule is O=C(Cc1ccn[nH]1)N1CCCC(C2CCN(C(=O)CC3CC(F)(F)C3)C2)C1. The quantitative estimate of drug-likeness (QED) is 0.834. The predicted molar refractivity (Wildman–Crippen MR) is 98.6 cm³/mol. The maximum Gasteiger partial charge on any atom is 0.248 e. The van der Waals surface area contributed by atoms with Gasteiger partial charge in [-0.3, -0.25) is 14.7 Å². The van der Waals surface area contributed by atoms with Crippen LogP contribution in [0.4, 0.5) is 8.78 Å². The summed E-state index contributed by atoms with van der Waals surface area (Å²) >= 11 is 0. The molecule has 2 saturated heterocycles. The molecule has 3 heterocycles. The number of halogens is 2. The van der Waals surface area contributed by atoms with E-state index < -0.39 is 5.92 Å². The van der Waals surface area contributed by atoms with Gasteiger partial charge in [-0.05, 0) is 43.1 Å². The lowest BCUT2D eigenvalue weighted by molar-refractivity contribution is -0.141. The van der Waals surface area contributed by atoms with Gasteiger partial charge in [0.25, 0.3) is 0 Å². The number of carbonyl (C=O) groups is 2. The molecule has 2 aliphatic heterocycles. The van der Waals surface area contributed by atoms with Gasteiger partial charge in [0.15, 0.2) is 0 Å². The van der Waals surface area contributed by atoms with Crippen molar-refractivity contribution in [3.8, 4) is 0 Å². The van der Waals surface area contributed by atoms with Crippen molar-refractivity contribution in [1.82, 2.24) is 20.0 Å².